The molecule has 0 aliphatic carbocycles. The minimum absolute atomic E-state index is 0.0819. The third-order valence-electron chi connectivity index (χ3n) is 7.91. The predicted molar refractivity (Wildman–Crippen MR) is 181 cm³/mol. The molecule has 0 bridgehead atoms. The molecule has 1 fully saturated rings. The summed E-state index contributed by atoms with van der Waals surface area (Å²) in [6.45, 7) is 5.27. The molecule has 0 spiro atoms. The first kappa shape index (κ1) is 33.2. The standard InChI is InChI=1S/C36H38Cl2N4O4/c1-24(2)23-46-30-16-7-25(8-17-30)9-18-32-31(35(45)41(22-34(43)44)21-26-5-12-28(37)13-6-26)20-39-36(40-32)42-19-3-4-33(42)27-10-14-29(38)15-11-27/h5-8,10-17,20,24,33H,3-4,9,18-19,21-23H2,1-2H3,(H,43,44). The minimum atomic E-state index is -1.11. The Balaban J connectivity index is 1.44. The van der Waals surface area contributed by atoms with Crippen LogP contribution >= 0.6 is 23.2 Å². The summed E-state index contributed by atoms with van der Waals surface area (Å²) in [7, 11) is 0. The van der Waals surface area contributed by atoms with Crippen LogP contribution in [0.5, 0.6) is 5.75 Å². The number of carboxylic acid groups (broad SMARTS) is 1. The van der Waals surface area contributed by atoms with Crippen LogP contribution in [0.3, 0.4) is 0 Å². The summed E-state index contributed by atoms with van der Waals surface area (Å²) in [6.07, 6.45) is 4.56. The highest BCUT2D eigenvalue weighted by Crippen LogP contribution is 2.35. The van der Waals surface area contributed by atoms with E-state index in [1.54, 1.807) is 30.5 Å². The second kappa shape index (κ2) is 15.4. The highest BCUT2D eigenvalue weighted by Gasteiger charge is 2.30. The van der Waals surface area contributed by atoms with Gasteiger partial charge in [0.05, 0.1) is 23.9 Å². The Kier molecular flexibility index (Phi) is 11.1. The lowest BCUT2D eigenvalue weighted by Crippen LogP contribution is -2.36. The van der Waals surface area contributed by atoms with E-state index in [2.05, 4.69) is 23.7 Å². The van der Waals surface area contributed by atoms with Crippen LogP contribution in [0, 0.1) is 5.92 Å². The van der Waals surface area contributed by atoms with Gasteiger partial charge in [-0.3, -0.25) is 9.59 Å². The highest BCUT2D eigenvalue weighted by molar-refractivity contribution is 6.30. The molecule has 4 aromatic rings. The fourth-order valence-electron chi connectivity index (χ4n) is 5.57. The Morgan fingerprint density at radius 3 is 2.26 bits per heavy atom. The van der Waals surface area contributed by atoms with Gasteiger partial charge in [0.15, 0.2) is 0 Å². The molecule has 1 atom stereocenters. The van der Waals surface area contributed by atoms with Gasteiger partial charge < -0.3 is 19.6 Å². The van der Waals surface area contributed by atoms with E-state index < -0.39 is 18.4 Å². The largest absolute Gasteiger partial charge is 0.493 e. The van der Waals surface area contributed by atoms with Crippen molar-refractivity contribution in [2.24, 2.45) is 5.92 Å². The fraction of sp³-hybridized carbons (Fsp3) is 0.333. The molecule has 1 N–H and O–H groups in total. The summed E-state index contributed by atoms with van der Waals surface area (Å²) in [5, 5.41) is 10.9. The van der Waals surface area contributed by atoms with Crippen molar-refractivity contribution >= 4 is 41.0 Å². The van der Waals surface area contributed by atoms with Gasteiger partial charge in [0.1, 0.15) is 12.3 Å². The number of carboxylic acids is 1. The number of ether oxygens (including phenoxy) is 1. The Bertz CT molecular complexity index is 1630. The van der Waals surface area contributed by atoms with Gasteiger partial charge in [0, 0.05) is 29.3 Å². The van der Waals surface area contributed by atoms with Gasteiger partial charge in [-0.05, 0) is 84.7 Å². The van der Waals surface area contributed by atoms with Gasteiger partial charge in [0.25, 0.3) is 5.91 Å². The van der Waals surface area contributed by atoms with Crippen molar-refractivity contribution in [3.63, 3.8) is 0 Å². The van der Waals surface area contributed by atoms with Crippen LogP contribution < -0.4 is 9.64 Å². The molecule has 1 aromatic heterocycles. The van der Waals surface area contributed by atoms with Crippen molar-refractivity contribution in [3.8, 4) is 5.75 Å². The van der Waals surface area contributed by atoms with E-state index in [4.69, 9.17) is 32.9 Å². The van der Waals surface area contributed by atoms with Gasteiger partial charge in [-0.25, -0.2) is 9.97 Å². The number of hydrogen-bond donors (Lipinski definition) is 1. The molecule has 1 unspecified atom stereocenters. The normalized spacial score (nSPS) is 14.5. The Labute approximate surface area is 280 Å². The molecule has 0 saturated carbocycles. The lowest BCUT2D eigenvalue weighted by atomic mass is 10.0. The average Bonchev–Trinajstić information content (AvgIpc) is 3.54. The monoisotopic (exact) mass is 660 g/mol. The van der Waals surface area contributed by atoms with E-state index in [9.17, 15) is 14.7 Å². The number of aryl methyl sites for hydroxylation is 2. The molecule has 2 heterocycles. The quantitative estimate of drug-likeness (QED) is 0.157. The summed E-state index contributed by atoms with van der Waals surface area (Å²) in [4.78, 5) is 39.0. The first-order valence-electron chi connectivity index (χ1n) is 15.5. The van der Waals surface area contributed by atoms with Gasteiger partial charge in [-0.2, -0.15) is 0 Å². The second-order valence-electron chi connectivity index (χ2n) is 12.0. The molecule has 3 aromatic carbocycles. The smallest absolute Gasteiger partial charge is 0.323 e. The van der Waals surface area contributed by atoms with Gasteiger partial charge in [-0.15, -0.1) is 0 Å². The number of carbonyl (C=O) groups excluding carboxylic acids is 1. The number of anilines is 1. The number of halogens is 2. The molecule has 1 saturated heterocycles. The van der Waals surface area contributed by atoms with E-state index in [-0.39, 0.29) is 18.2 Å². The van der Waals surface area contributed by atoms with Crippen molar-refractivity contribution in [1.29, 1.82) is 0 Å². The maximum Gasteiger partial charge on any atom is 0.323 e. The number of nitrogens with zero attached hydrogens (tertiary/aromatic N) is 4. The Hall–Kier alpha value is -4.14. The SMILES string of the molecule is CC(C)COc1ccc(CCc2nc(N3CCCC3c3ccc(Cl)cc3)ncc2C(=O)N(CC(=O)O)Cc2ccc(Cl)cc2)cc1. The van der Waals surface area contributed by atoms with Crippen LogP contribution in [0.1, 0.15) is 65.5 Å². The molecule has 5 rings (SSSR count). The average molecular weight is 662 g/mol. The summed E-state index contributed by atoms with van der Waals surface area (Å²) in [6, 6.07) is 22.9. The number of hydrogen-bond acceptors (Lipinski definition) is 6. The predicted octanol–water partition coefficient (Wildman–Crippen LogP) is 7.67. The van der Waals surface area contributed by atoms with Crippen LogP contribution in [0.25, 0.3) is 0 Å². The van der Waals surface area contributed by atoms with E-state index >= 15 is 0 Å². The number of aliphatic carboxylic acids is 1. The lowest BCUT2D eigenvalue weighted by Gasteiger charge is -2.27. The van der Waals surface area contributed by atoms with Crippen LogP contribution in [-0.4, -0.2) is 51.5 Å². The number of carbonyl (C=O) groups is 2. The molecule has 1 aliphatic heterocycles. The molecule has 46 heavy (non-hydrogen) atoms. The van der Waals surface area contributed by atoms with E-state index in [1.807, 2.05) is 48.5 Å². The van der Waals surface area contributed by atoms with Crippen molar-refractivity contribution in [1.82, 2.24) is 14.9 Å². The molecular weight excluding hydrogens is 623 g/mol. The molecule has 0 radical (unpaired) electrons. The molecule has 1 aliphatic rings. The molecule has 1 amide bonds. The summed E-state index contributed by atoms with van der Waals surface area (Å²) in [5.74, 6) is 0.240. The summed E-state index contributed by atoms with van der Waals surface area (Å²) >= 11 is 12.2. The maximum atomic E-state index is 14.0. The van der Waals surface area contributed by atoms with Crippen molar-refractivity contribution in [3.05, 3.63) is 117 Å². The third kappa shape index (κ3) is 8.77. The first-order valence-corrected chi connectivity index (χ1v) is 16.3. The third-order valence-corrected chi connectivity index (χ3v) is 8.41. The molecular formula is C36H38Cl2N4O4. The van der Waals surface area contributed by atoms with Gasteiger partial charge in [-0.1, -0.05) is 73.4 Å². The zero-order valence-electron chi connectivity index (χ0n) is 26.0. The topological polar surface area (TPSA) is 95.9 Å². The Morgan fingerprint density at radius 2 is 1.61 bits per heavy atom. The van der Waals surface area contributed by atoms with Crippen LogP contribution in [0.15, 0.2) is 79.0 Å². The van der Waals surface area contributed by atoms with Crippen LogP contribution in [-0.2, 0) is 24.2 Å². The number of amides is 1. The fourth-order valence-corrected chi connectivity index (χ4v) is 5.83. The number of aromatic nitrogens is 2. The van der Waals surface area contributed by atoms with Crippen LogP contribution in [0.2, 0.25) is 10.0 Å². The molecule has 240 valence electrons. The minimum Gasteiger partial charge on any atom is -0.493 e. The second-order valence-corrected chi connectivity index (χ2v) is 12.8. The highest BCUT2D eigenvalue weighted by atomic mass is 35.5. The Morgan fingerprint density at radius 1 is 0.957 bits per heavy atom. The van der Waals surface area contributed by atoms with Gasteiger partial charge >= 0.3 is 5.97 Å². The summed E-state index contributed by atoms with van der Waals surface area (Å²) in [5.41, 5.74) is 3.82. The van der Waals surface area contributed by atoms with E-state index in [1.165, 1.54) is 4.90 Å². The number of rotatable bonds is 13. The van der Waals surface area contributed by atoms with E-state index in [0.29, 0.717) is 47.1 Å². The van der Waals surface area contributed by atoms with Gasteiger partial charge in [0.2, 0.25) is 5.95 Å². The summed E-state index contributed by atoms with van der Waals surface area (Å²) < 4.78 is 5.84. The van der Waals surface area contributed by atoms with Crippen molar-refractivity contribution in [2.75, 3.05) is 24.6 Å². The zero-order valence-corrected chi connectivity index (χ0v) is 27.5. The van der Waals surface area contributed by atoms with Crippen LogP contribution in [0.4, 0.5) is 5.95 Å². The molecule has 10 heteroatoms. The van der Waals surface area contributed by atoms with Crippen molar-refractivity contribution < 1.29 is 19.4 Å². The lowest BCUT2D eigenvalue weighted by molar-refractivity contribution is -0.137. The van der Waals surface area contributed by atoms with Crippen molar-refractivity contribution in [2.45, 2.75) is 52.1 Å². The molecule has 8 nitrogen and oxygen atoms in total. The zero-order chi connectivity index (χ0) is 32.6. The van der Waals surface area contributed by atoms with E-state index in [0.717, 1.165) is 41.8 Å². The first-order chi connectivity index (χ1) is 22.2. The number of benzene rings is 3. The maximum absolute atomic E-state index is 14.0.